The van der Waals surface area contributed by atoms with Crippen molar-refractivity contribution in [1.29, 1.82) is 0 Å². The number of carbonyl (C=O) groups is 2. The van der Waals surface area contributed by atoms with Gasteiger partial charge >= 0.3 is 0 Å². The highest BCUT2D eigenvalue weighted by Gasteiger charge is 2.23. The molecule has 0 aromatic heterocycles. The first-order valence-electron chi connectivity index (χ1n) is 11.8. The molecule has 0 aliphatic carbocycles. The molecule has 1 aliphatic heterocycles. The van der Waals surface area contributed by atoms with Gasteiger partial charge in [-0.25, -0.2) is 0 Å². The average Bonchev–Trinajstić information content (AvgIpc) is 2.92. The average molecular weight is 474 g/mol. The van der Waals surface area contributed by atoms with Crippen molar-refractivity contribution in [2.75, 3.05) is 43.5 Å². The van der Waals surface area contributed by atoms with Gasteiger partial charge in [0.1, 0.15) is 18.1 Å². The fourth-order valence-corrected chi connectivity index (χ4v) is 4.07. The van der Waals surface area contributed by atoms with Crippen molar-refractivity contribution in [3.8, 4) is 11.5 Å². The molecule has 1 aliphatic rings. The number of hydrogen-bond acceptors (Lipinski definition) is 5. The van der Waals surface area contributed by atoms with Crippen molar-refractivity contribution < 1.29 is 19.1 Å². The highest BCUT2D eigenvalue weighted by molar-refractivity contribution is 5.93. The maximum absolute atomic E-state index is 12.6. The number of hydrogen-bond donors (Lipinski definition) is 1. The van der Waals surface area contributed by atoms with Crippen molar-refractivity contribution in [2.45, 2.75) is 19.4 Å². The minimum absolute atomic E-state index is 0.00415. The highest BCUT2D eigenvalue weighted by Crippen LogP contribution is 2.28. The molecule has 7 nitrogen and oxygen atoms in total. The van der Waals surface area contributed by atoms with Gasteiger partial charge in [0.25, 0.3) is 0 Å². The maximum Gasteiger partial charge on any atom is 0.224 e. The molecule has 1 fully saturated rings. The lowest BCUT2D eigenvalue weighted by Gasteiger charge is -2.36. The number of benzene rings is 3. The van der Waals surface area contributed by atoms with Crippen molar-refractivity contribution in [3.63, 3.8) is 0 Å². The number of amides is 2. The smallest absolute Gasteiger partial charge is 0.224 e. The standard InChI is InChI=1S/C28H31N3O4/c1-34-26-10-6-5-9-25(26)30-17-19-31(20-18-30)28(33)16-15-27(32)29-23-11-13-24(14-12-23)35-21-22-7-3-2-4-8-22/h2-14H,15-21H2,1H3,(H,29,32). The van der Waals surface area contributed by atoms with Crippen LogP contribution in [0, 0.1) is 0 Å². The van der Waals surface area contributed by atoms with Crippen LogP contribution in [0.2, 0.25) is 0 Å². The van der Waals surface area contributed by atoms with Gasteiger partial charge in [-0.3, -0.25) is 9.59 Å². The topological polar surface area (TPSA) is 71.1 Å². The Kier molecular flexibility index (Phi) is 8.22. The van der Waals surface area contributed by atoms with Gasteiger partial charge in [0.2, 0.25) is 11.8 Å². The van der Waals surface area contributed by atoms with Gasteiger partial charge < -0.3 is 24.6 Å². The van der Waals surface area contributed by atoms with E-state index in [4.69, 9.17) is 9.47 Å². The molecule has 0 bridgehead atoms. The van der Waals surface area contributed by atoms with Gasteiger partial charge in [-0.15, -0.1) is 0 Å². The fourth-order valence-electron chi connectivity index (χ4n) is 4.07. The Morgan fingerprint density at radius 1 is 0.829 bits per heavy atom. The van der Waals surface area contributed by atoms with Crippen LogP contribution in [0.15, 0.2) is 78.9 Å². The van der Waals surface area contributed by atoms with Crippen molar-refractivity contribution >= 4 is 23.2 Å². The lowest BCUT2D eigenvalue weighted by molar-refractivity contribution is -0.133. The first kappa shape index (κ1) is 24.1. The summed E-state index contributed by atoms with van der Waals surface area (Å²) in [6, 6.07) is 25.1. The Labute approximate surface area is 206 Å². The third-order valence-corrected chi connectivity index (χ3v) is 6.01. The van der Waals surface area contributed by atoms with Crippen LogP contribution in [0.5, 0.6) is 11.5 Å². The number of nitrogens with zero attached hydrogens (tertiary/aromatic N) is 2. The Bertz CT molecular complexity index is 1110. The van der Waals surface area contributed by atoms with Crippen molar-refractivity contribution in [1.82, 2.24) is 4.90 Å². The summed E-state index contributed by atoms with van der Waals surface area (Å²) >= 11 is 0. The van der Waals surface area contributed by atoms with Gasteiger partial charge in [-0.2, -0.15) is 0 Å². The molecule has 3 aromatic carbocycles. The quantitative estimate of drug-likeness (QED) is 0.501. The van der Waals surface area contributed by atoms with E-state index in [2.05, 4.69) is 10.2 Å². The van der Waals surface area contributed by atoms with E-state index in [-0.39, 0.29) is 24.7 Å². The maximum atomic E-state index is 12.6. The van der Waals surface area contributed by atoms with Crippen LogP contribution >= 0.6 is 0 Å². The van der Waals surface area contributed by atoms with E-state index in [0.29, 0.717) is 25.4 Å². The molecule has 0 saturated carbocycles. The molecule has 1 heterocycles. The molecule has 0 atom stereocenters. The van der Waals surface area contributed by atoms with Crippen LogP contribution in [-0.4, -0.2) is 50.0 Å². The number of nitrogens with one attached hydrogen (secondary N) is 1. The summed E-state index contributed by atoms with van der Waals surface area (Å²) < 4.78 is 11.2. The van der Waals surface area contributed by atoms with Crippen LogP contribution in [0.25, 0.3) is 0 Å². The molecular weight excluding hydrogens is 442 g/mol. The normalized spacial score (nSPS) is 13.3. The number of para-hydroxylation sites is 2. The molecule has 7 heteroatoms. The van der Waals surface area contributed by atoms with Crippen molar-refractivity contribution in [3.05, 3.63) is 84.4 Å². The second-order valence-corrected chi connectivity index (χ2v) is 8.39. The molecule has 1 saturated heterocycles. The highest BCUT2D eigenvalue weighted by atomic mass is 16.5. The van der Waals surface area contributed by atoms with Crippen LogP contribution in [0.4, 0.5) is 11.4 Å². The third-order valence-electron chi connectivity index (χ3n) is 6.01. The SMILES string of the molecule is COc1ccccc1N1CCN(C(=O)CCC(=O)Nc2ccc(OCc3ccccc3)cc2)CC1. The lowest BCUT2D eigenvalue weighted by Crippen LogP contribution is -2.49. The van der Waals surface area contributed by atoms with E-state index in [9.17, 15) is 9.59 Å². The largest absolute Gasteiger partial charge is 0.495 e. The van der Waals surface area contributed by atoms with Gasteiger partial charge in [0, 0.05) is 44.7 Å². The molecule has 3 aromatic rings. The fraction of sp³-hybridized carbons (Fsp3) is 0.286. The van der Waals surface area contributed by atoms with Crippen LogP contribution < -0.4 is 19.7 Å². The summed E-state index contributed by atoms with van der Waals surface area (Å²) in [6.07, 6.45) is 0.344. The lowest BCUT2D eigenvalue weighted by atomic mass is 10.2. The van der Waals surface area contributed by atoms with Gasteiger partial charge in [0.15, 0.2) is 0 Å². The molecule has 35 heavy (non-hydrogen) atoms. The van der Waals surface area contributed by atoms with Gasteiger partial charge in [0.05, 0.1) is 12.8 Å². The van der Waals surface area contributed by atoms with Gasteiger partial charge in [-0.1, -0.05) is 42.5 Å². The van der Waals surface area contributed by atoms with E-state index >= 15 is 0 Å². The number of methoxy groups -OCH3 is 1. The Hall–Kier alpha value is -4.00. The molecule has 1 N–H and O–H groups in total. The zero-order chi connectivity index (χ0) is 24.5. The molecular formula is C28H31N3O4. The minimum Gasteiger partial charge on any atom is -0.495 e. The number of piperazine rings is 1. The van der Waals surface area contributed by atoms with Crippen molar-refractivity contribution in [2.24, 2.45) is 0 Å². The third kappa shape index (κ3) is 6.76. The predicted molar refractivity (Wildman–Crippen MR) is 137 cm³/mol. The predicted octanol–water partition coefficient (Wildman–Crippen LogP) is 4.34. The summed E-state index contributed by atoms with van der Waals surface area (Å²) in [5, 5.41) is 2.86. The Morgan fingerprint density at radius 2 is 1.51 bits per heavy atom. The van der Waals surface area contributed by atoms with E-state index in [1.54, 1.807) is 19.2 Å². The summed E-state index contributed by atoms with van der Waals surface area (Å²) in [6.45, 7) is 3.21. The summed E-state index contributed by atoms with van der Waals surface area (Å²) in [7, 11) is 1.66. The monoisotopic (exact) mass is 473 g/mol. The first-order valence-corrected chi connectivity index (χ1v) is 11.8. The summed E-state index contributed by atoms with van der Waals surface area (Å²) in [4.78, 5) is 29.1. The molecule has 182 valence electrons. The van der Waals surface area contributed by atoms with Crippen LogP contribution in [-0.2, 0) is 16.2 Å². The van der Waals surface area contributed by atoms with E-state index in [1.807, 2.05) is 71.6 Å². The number of rotatable bonds is 9. The molecule has 2 amide bonds. The first-order chi connectivity index (χ1) is 17.1. The Morgan fingerprint density at radius 3 is 2.23 bits per heavy atom. The zero-order valence-electron chi connectivity index (χ0n) is 20.0. The van der Waals surface area contributed by atoms with E-state index in [0.717, 1.165) is 35.8 Å². The number of ether oxygens (including phenoxy) is 2. The number of anilines is 2. The minimum atomic E-state index is -0.177. The Balaban J connectivity index is 1.18. The molecule has 0 radical (unpaired) electrons. The van der Waals surface area contributed by atoms with E-state index < -0.39 is 0 Å². The second-order valence-electron chi connectivity index (χ2n) is 8.39. The molecule has 0 unspecified atom stereocenters. The van der Waals surface area contributed by atoms with E-state index in [1.165, 1.54) is 0 Å². The van der Waals surface area contributed by atoms with Crippen LogP contribution in [0.1, 0.15) is 18.4 Å². The summed E-state index contributed by atoms with van der Waals surface area (Å²) in [5.74, 6) is 1.39. The molecule has 4 rings (SSSR count). The zero-order valence-corrected chi connectivity index (χ0v) is 20.0. The van der Waals surface area contributed by atoms with Crippen LogP contribution in [0.3, 0.4) is 0 Å². The number of carbonyl (C=O) groups excluding carboxylic acids is 2. The molecule has 0 spiro atoms. The second kappa shape index (κ2) is 11.9. The van der Waals surface area contributed by atoms with Gasteiger partial charge in [-0.05, 0) is 42.0 Å². The summed E-state index contributed by atoms with van der Waals surface area (Å²) in [5.41, 5.74) is 2.81.